The lowest BCUT2D eigenvalue weighted by Crippen LogP contribution is -1.80. The maximum atomic E-state index is 8.77. The average molecular weight is 180 g/mol. The molecule has 2 rings (SSSR count). The second-order valence-corrected chi connectivity index (χ2v) is 3.32. The van der Waals surface area contributed by atoms with Gasteiger partial charge in [0, 0.05) is 6.20 Å². The van der Waals surface area contributed by atoms with Gasteiger partial charge in [-0.2, -0.15) is 0 Å². The zero-order chi connectivity index (χ0) is 8.39. The van der Waals surface area contributed by atoms with Crippen LogP contribution in [0.25, 0.3) is 10.7 Å². The molecule has 0 aliphatic carbocycles. The standard InChI is InChI=1S/C8H8N2OS/c11-5-6-4-9-8(10-6)7-2-1-3-12-7/h1-4,11H,5H2,(H,9,10). The molecule has 0 amide bonds. The largest absolute Gasteiger partial charge is 0.390 e. The first-order valence-electron chi connectivity index (χ1n) is 3.59. The van der Waals surface area contributed by atoms with Crippen molar-refractivity contribution in [3.05, 3.63) is 29.4 Å². The van der Waals surface area contributed by atoms with E-state index in [1.807, 2.05) is 17.5 Å². The van der Waals surface area contributed by atoms with Crippen molar-refractivity contribution in [1.29, 1.82) is 0 Å². The van der Waals surface area contributed by atoms with Crippen molar-refractivity contribution in [2.45, 2.75) is 6.61 Å². The van der Waals surface area contributed by atoms with Crippen molar-refractivity contribution in [2.24, 2.45) is 0 Å². The van der Waals surface area contributed by atoms with Gasteiger partial charge in [-0.25, -0.2) is 4.98 Å². The Morgan fingerprint density at radius 1 is 1.58 bits per heavy atom. The first-order valence-corrected chi connectivity index (χ1v) is 4.47. The van der Waals surface area contributed by atoms with Gasteiger partial charge in [0.15, 0.2) is 0 Å². The SMILES string of the molecule is OCc1c[nH]c(-c2cccs2)n1. The summed E-state index contributed by atoms with van der Waals surface area (Å²) in [5, 5.41) is 10.8. The zero-order valence-electron chi connectivity index (χ0n) is 6.32. The highest BCUT2D eigenvalue weighted by Gasteiger charge is 2.02. The molecule has 0 bridgehead atoms. The van der Waals surface area contributed by atoms with Crippen molar-refractivity contribution >= 4 is 11.3 Å². The summed E-state index contributed by atoms with van der Waals surface area (Å²) in [6.45, 7) is -0.0120. The molecule has 0 unspecified atom stereocenters. The number of aliphatic hydroxyl groups excluding tert-OH is 1. The van der Waals surface area contributed by atoms with Gasteiger partial charge in [0.25, 0.3) is 0 Å². The highest BCUT2D eigenvalue weighted by molar-refractivity contribution is 7.13. The summed E-state index contributed by atoms with van der Waals surface area (Å²) in [5.41, 5.74) is 0.679. The molecule has 3 nitrogen and oxygen atoms in total. The van der Waals surface area contributed by atoms with Crippen LogP contribution in [0, 0.1) is 0 Å². The highest BCUT2D eigenvalue weighted by atomic mass is 32.1. The number of imidazole rings is 1. The summed E-state index contributed by atoms with van der Waals surface area (Å²) in [6.07, 6.45) is 1.72. The highest BCUT2D eigenvalue weighted by Crippen LogP contribution is 2.20. The minimum atomic E-state index is -0.0120. The molecule has 0 aliphatic rings. The van der Waals surface area contributed by atoms with Gasteiger partial charge in [-0.3, -0.25) is 0 Å². The number of nitrogens with zero attached hydrogens (tertiary/aromatic N) is 1. The predicted molar refractivity (Wildman–Crippen MR) is 47.8 cm³/mol. The minimum absolute atomic E-state index is 0.0120. The molecule has 0 spiro atoms. The van der Waals surface area contributed by atoms with E-state index in [0.29, 0.717) is 5.69 Å². The third-order valence-electron chi connectivity index (χ3n) is 1.55. The van der Waals surface area contributed by atoms with E-state index in [9.17, 15) is 0 Å². The van der Waals surface area contributed by atoms with Crippen LogP contribution in [0.2, 0.25) is 0 Å². The predicted octanol–water partition coefficient (Wildman–Crippen LogP) is 1.63. The van der Waals surface area contributed by atoms with E-state index in [2.05, 4.69) is 9.97 Å². The molecule has 62 valence electrons. The molecule has 12 heavy (non-hydrogen) atoms. The number of hydrogen-bond acceptors (Lipinski definition) is 3. The Bertz CT molecular complexity index is 353. The van der Waals surface area contributed by atoms with Gasteiger partial charge in [-0.05, 0) is 11.4 Å². The molecule has 0 radical (unpaired) electrons. The van der Waals surface area contributed by atoms with Crippen LogP contribution in [0.1, 0.15) is 5.69 Å². The number of H-pyrrole nitrogens is 1. The first-order chi connectivity index (χ1) is 5.90. The smallest absolute Gasteiger partial charge is 0.147 e. The molecule has 0 atom stereocenters. The fraction of sp³-hybridized carbons (Fsp3) is 0.125. The van der Waals surface area contributed by atoms with Crippen LogP contribution in [0.4, 0.5) is 0 Å². The molecule has 4 heteroatoms. The molecular weight excluding hydrogens is 172 g/mol. The molecule has 0 saturated heterocycles. The Kier molecular flexibility index (Phi) is 1.93. The van der Waals surface area contributed by atoms with E-state index in [1.54, 1.807) is 17.5 Å². The molecular formula is C8H8N2OS. The number of aliphatic hydroxyl groups is 1. The van der Waals surface area contributed by atoms with E-state index in [0.717, 1.165) is 10.7 Å². The van der Waals surface area contributed by atoms with E-state index < -0.39 is 0 Å². The van der Waals surface area contributed by atoms with E-state index in [-0.39, 0.29) is 6.61 Å². The minimum Gasteiger partial charge on any atom is -0.390 e. The third kappa shape index (κ3) is 1.26. The Balaban J connectivity index is 2.35. The fourth-order valence-electron chi connectivity index (χ4n) is 0.980. The Hall–Kier alpha value is -1.13. The Morgan fingerprint density at radius 2 is 2.50 bits per heavy atom. The summed E-state index contributed by atoms with van der Waals surface area (Å²) in [6, 6.07) is 3.96. The van der Waals surface area contributed by atoms with Gasteiger partial charge >= 0.3 is 0 Å². The summed E-state index contributed by atoms with van der Waals surface area (Å²) in [7, 11) is 0. The number of hydrogen-bond donors (Lipinski definition) is 2. The van der Waals surface area contributed by atoms with E-state index in [4.69, 9.17) is 5.11 Å². The van der Waals surface area contributed by atoms with E-state index >= 15 is 0 Å². The van der Waals surface area contributed by atoms with Gasteiger partial charge in [0.2, 0.25) is 0 Å². The van der Waals surface area contributed by atoms with Crippen LogP contribution < -0.4 is 0 Å². The first kappa shape index (κ1) is 7.52. The Morgan fingerprint density at radius 3 is 3.08 bits per heavy atom. The summed E-state index contributed by atoms with van der Waals surface area (Å²) in [5.74, 6) is 0.828. The second-order valence-electron chi connectivity index (χ2n) is 2.38. The second kappa shape index (κ2) is 3.08. The van der Waals surface area contributed by atoms with E-state index in [1.165, 1.54) is 0 Å². The average Bonchev–Trinajstić information content (AvgIpc) is 2.75. The quantitative estimate of drug-likeness (QED) is 0.738. The van der Waals surface area contributed by atoms with Crippen LogP contribution in [-0.4, -0.2) is 15.1 Å². The van der Waals surface area contributed by atoms with Gasteiger partial charge in [-0.1, -0.05) is 6.07 Å². The Labute approximate surface area is 73.7 Å². The zero-order valence-corrected chi connectivity index (χ0v) is 7.14. The van der Waals surface area contributed by atoms with Crippen molar-refractivity contribution < 1.29 is 5.11 Å². The number of aromatic nitrogens is 2. The van der Waals surface area contributed by atoms with Crippen LogP contribution in [-0.2, 0) is 6.61 Å². The van der Waals surface area contributed by atoms with Crippen LogP contribution in [0.5, 0.6) is 0 Å². The topological polar surface area (TPSA) is 48.9 Å². The van der Waals surface area contributed by atoms with Crippen molar-refractivity contribution in [2.75, 3.05) is 0 Å². The monoisotopic (exact) mass is 180 g/mol. The lowest BCUT2D eigenvalue weighted by molar-refractivity contribution is 0.277. The van der Waals surface area contributed by atoms with Crippen molar-refractivity contribution in [3.63, 3.8) is 0 Å². The van der Waals surface area contributed by atoms with Gasteiger partial charge < -0.3 is 10.1 Å². The maximum Gasteiger partial charge on any atom is 0.147 e. The van der Waals surface area contributed by atoms with Crippen LogP contribution in [0.15, 0.2) is 23.7 Å². The van der Waals surface area contributed by atoms with Gasteiger partial charge in [0.05, 0.1) is 17.2 Å². The molecule has 0 fully saturated rings. The molecule has 2 heterocycles. The molecule has 0 aromatic carbocycles. The number of aromatic amines is 1. The molecule has 2 N–H and O–H groups in total. The molecule has 0 aliphatic heterocycles. The summed E-state index contributed by atoms with van der Waals surface area (Å²) >= 11 is 1.62. The van der Waals surface area contributed by atoms with Crippen molar-refractivity contribution in [1.82, 2.24) is 9.97 Å². The number of nitrogens with one attached hydrogen (secondary N) is 1. The summed E-state index contributed by atoms with van der Waals surface area (Å²) in [4.78, 5) is 8.27. The molecule has 0 saturated carbocycles. The molecule has 2 aromatic rings. The lowest BCUT2D eigenvalue weighted by Gasteiger charge is -1.86. The van der Waals surface area contributed by atoms with Crippen molar-refractivity contribution in [3.8, 4) is 10.7 Å². The van der Waals surface area contributed by atoms with Gasteiger partial charge in [0.1, 0.15) is 5.82 Å². The normalized spacial score (nSPS) is 10.4. The summed E-state index contributed by atoms with van der Waals surface area (Å²) < 4.78 is 0. The van der Waals surface area contributed by atoms with Crippen LogP contribution >= 0.6 is 11.3 Å². The van der Waals surface area contributed by atoms with Gasteiger partial charge in [-0.15, -0.1) is 11.3 Å². The van der Waals surface area contributed by atoms with Crippen LogP contribution in [0.3, 0.4) is 0 Å². The molecule has 2 aromatic heterocycles. The number of rotatable bonds is 2. The fourth-order valence-corrected chi connectivity index (χ4v) is 1.66. The lowest BCUT2D eigenvalue weighted by atomic mass is 10.4. The maximum absolute atomic E-state index is 8.77. The number of thiophene rings is 1. The third-order valence-corrected chi connectivity index (χ3v) is 2.42.